The van der Waals surface area contributed by atoms with Crippen LogP contribution in [0.1, 0.15) is 57.4 Å². The van der Waals surface area contributed by atoms with Crippen molar-refractivity contribution in [2.24, 2.45) is 17.3 Å². The minimum absolute atomic E-state index is 0.0837. The number of nitrogens with zero attached hydrogens (tertiary/aromatic N) is 1. The van der Waals surface area contributed by atoms with E-state index in [0.29, 0.717) is 43.0 Å². The first-order valence-electron chi connectivity index (χ1n) is 11.9. The van der Waals surface area contributed by atoms with Crippen LogP contribution in [-0.2, 0) is 19.5 Å². The molecule has 1 saturated carbocycles. The molecule has 4 aliphatic rings. The van der Waals surface area contributed by atoms with Crippen molar-refractivity contribution in [1.29, 1.82) is 0 Å². The van der Waals surface area contributed by atoms with Gasteiger partial charge in [-0.2, -0.15) is 4.31 Å². The summed E-state index contributed by atoms with van der Waals surface area (Å²) < 4.78 is 41.3. The third kappa shape index (κ3) is 3.41. The fraction of sp³-hybridized carbons (Fsp3) is 0.680. The molecule has 2 heterocycles. The highest BCUT2D eigenvalue weighted by Crippen LogP contribution is 2.64. The second-order valence-electron chi connectivity index (χ2n) is 10.1. The van der Waals surface area contributed by atoms with Crippen LogP contribution in [0.5, 0.6) is 0 Å². The summed E-state index contributed by atoms with van der Waals surface area (Å²) in [6.45, 7) is 6.77. The molecule has 31 heavy (non-hydrogen) atoms. The first-order valence-corrected chi connectivity index (χ1v) is 13.4. The SMILES string of the molecule is Cc1ccc(S(=O)(=O)N2CCCC3=CC[C@@H]4C[C@@H](C)CC5(OCCO5)[C@]34CCC2)cc1. The molecule has 2 aliphatic heterocycles. The van der Waals surface area contributed by atoms with E-state index in [9.17, 15) is 8.42 Å². The highest BCUT2D eigenvalue weighted by Gasteiger charge is 2.64. The zero-order valence-electron chi connectivity index (χ0n) is 18.8. The lowest BCUT2D eigenvalue weighted by Gasteiger charge is -2.55. The van der Waals surface area contributed by atoms with Gasteiger partial charge >= 0.3 is 0 Å². The Morgan fingerprint density at radius 2 is 1.77 bits per heavy atom. The number of benzene rings is 1. The van der Waals surface area contributed by atoms with E-state index in [0.717, 1.165) is 44.1 Å². The molecule has 1 aromatic rings. The number of sulfonamides is 1. The van der Waals surface area contributed by atoms with Crippen LogP contribution in [0.3, 0.4) is 0 Å². The lowest BCUT2D eigenvalue weighted by Crippen LogP contribution is -2.57. The van der Waals surface area contributed by atoms with E-state index in [-0.39, 0.29) is 5.41 Å². The molecule has 2 spiro atoms. The number of hydrogen-bond donors (Lipinski definition) is 0. The largest absolute Gasteiger partial charge is 0.347 e. The summed E-state index contributed by atoms with van der Waals surface area (Å²) in [7, 11) is -3.47. The third-order valence-electron chi connectivity index (χ3n) is 8.15. The minimum Gasteiger partial charge on any atom is -0.347 e. The highest BCUT2D eigenvalue weighted by molar-refractivity contribution is 7.89. The Morgan fingerprint density at radius 3 is 2.52 bits per heavy atom. The average Bonchev–Trinajstić information content (AvgIpc) is 3.34. The maximum Gasteiger partial charge on any atom is 0.243 e. The second-order valence-corrected chi connectivity index (χ2v) is 12.0. The normalized spacial score (nSPS) is 33.8. The zero-order chi connectivity index (χ0) is 21.7. The molecule has 170 valence electrons. The van der Waals surface area contributed by atoms with Crippen LogP contribution in [0.15, 0.2) is 40.8 Å². The van der Waals surface area contributed by atoms with E-state index in [2.05, 4.69) is 13.0 Å². The molecule has 3 fully saturated rings. The molecule has 0 N–H and O–H groups in total. The summed E-state index contributed by atoms with van der Waals surface area (Å²) in [5, 5.41) is 0. The van der Waals surface area contributed by atoms with Crippen molar-refractivity contribution in [1.82, 2.24) is 4.31 Å². The minimum atomic E-state index is -3.47. The molecule has 0 bridgehead atoms. The van der Waals surface area contributed by atoms with Gasteiger partial charge in [0.1, 0.15) is 0 Å². The zero-order valence-corrected chi connectivity index (χ0v) is 19.6. The Bertz CT molecular complexity index is 948. The van der Waals surface area contributed by atoms with Gasteiger partial charge in [0.05, 0.1) is 18.1 Å². The smallest absolute Gasteiger partial charge is 0.243 e. The molecular formula is C25H35NO4S. The lowest BCUT2D eigenvalue weighted by atomic mass is 9.56. The topological polar surface area (TPSA) is 55.8 Å². The Morgan fingerprint density at radius 1 is 1.06 bits per heavy atom. The van der Waals surface area contributed by atoms with Gasteiger partial charge < -0.3 is 9.47 Å². The Balaban J connectivity index is 1.44. The van der Waals surface area contributed by atoms with Gasteiger partial charge in [-0.25, -0.2) is 8.42 Å². The number of aryl methyl sites for hydroxylation is 1. The van der Waals surface area contributed by atoms with Gasteiger partial charge in [0.2, 0.25) is 10.0 Å². The van der Waals surface area contributed by atoms with Gasteiger partial charge in [-0.3, -0.25) is 0 Å². The van der Waals surface area contributed by atoms with Gasteiger partial charge in [0.25, 0.3) is 0 Å². The standard InChI is InChI=1S/C25H35NO4S/c1-19-6-10-23(11-7-19)31(27,28)26-13-3-5-21-8-9-22-17-20(2)18-25(29-15-16-30-25)24(21,22)12-4-14-26/h6-8,10-11,20,22H,3-5,9,12-18H2,1-2H3/t20-,22-,24-/m1/s1. The molecule has 1 aromatic carbocycles. The van der Waals surface area contributed by atoms with Crippen LogP contribution < -0.4 is 0 Å². The van der Waals surface area contributed by atoms with Crippen LogP contribution in [0.4, 0.5) is 0 Å². The fourth-order valence-electron chi connectivity index (χ4n) is 6.89. The van der Waals surface area contributed by atoms with E-state index in [1.807, 2.05) is 19.1 Å². The van der Waals surface area contributed by atoms with Crippen LogP contribution in [0.25, 0.3) is 0 Å². The van der Waals surface area contributed by atoms with E-state index >= 15 is 0 Å². The van der Waals surface area contributed by atoms with Crippen molar-refractivity contribution in [2.75, 3.05) is 26.3 Å². The Kier molecular flexibility index (Phi) is 5.57. The molecular weight excluding hydrogens is 410 g/mol. The molecule has 0 unspecified atom stereocenters. The van der Waals surface area contributed by atoms with Gasteiger partial charge in [0.15, 0.2) is 5.79 Å². The van der Waals surface area contributed by atoms with Gasteiger partial charge in [-0.1, -0.05) is 36.3 Å². The average molecular weight is 446 g/mol. The molecule has 2 saturated heterocycles. The molecule has 3 atom stereocenters. The predicted molar refractivity (Wildman–Crippen MR) is 120 cm³/mol. The fourth-order valence-corrected chi connectivity index (χ4v) is 8.41. The number of hydrogen-bond acceptors (Lipinski definition) is 4. The molecule has 0 amide bonds. The molecule has 6 heteroatoms. The van der Waals surface area contributed by atoms with Crippen molar-refractivity contribution in [2.45, 2.75) is 69.5 Å². The maximum atomic E-state index is 13.4. The summed E-state index contributed by atoms with van der Waals surface area (Å²) in [6.07, 6.45) is 9.26. The van der Waals surface area contributed by atoms with Crippen LogP contribution in [0.2, 0.25) is 0 Å². The molecule has 0 radical (unpaired) electrons. The van der Waals surface area contributed by atoms with Crippen molar-refractivity contribution >= 4 is 10.0 Å². The van der Waals surface area contributed by atoms with Crippen LogP contribution in [-0.4, -0.2) is 44.8 Å². The lowest BCUT2D eigenvalue weighted by molar-refractivity contribution is -0.268. The van der Waals surface area contributed by atoms with Crippen molar-refractivity contribution in [3.63, 3.8) is 0 Å². The monoisotopic (exact) mass is 445 g/mol. The summed E-state index contributed by atoms with van der Waals surface area (Å²) >= 11 is 0. The first kappa shape index (κ1) is 21.6. The van der Waals surface area contributed by atoms with Crippen LogP contribution >= 0.6 is 0 Å². The maximum absolute atomic E-state index is 13.4. The van der Waals surface area contributed by atoms with Crippen LogP contribution in [0, 0.1) is 24.2 Å². The van der Waals surface area contributed by atoms with Gasteiger partial charge in [-0.05, 0) is 69.4 Å². The predicted octanol–water partition coefficient (Wildman–Crippen LogP) is 4.67. The van der Waals surface area contributed by atoms with Crippen molar-refractivity contribution < 1.29 is 17.9 Å². The summed E-state index contributed by atoms with van der Waals surface area (Å²) in [5.41, 5.74) is 2.46. The van der Waals surface area contributed by atoms with E-state index < -0.39 is 15.8 Å². The number of rotatable bonds is 2. The number of allylic oxidation sites excluding steroid dienone is 1. The van der Waals surface area contributed by atoms with E-state index in [1.54, 1.807) is 16.4 Å². The first-order chi connectivity index (χ1) is 14.9. The highest BCUT2D eigenvalue weighted by atomic mass is 32.2. The third-order valence-corrected chi connectivity index (χ3v) is 10.1. The Labute approximate surface area is 186 Å². The molecule has 5 rings (SSSR count). The van der Waals surface area contributed by atoms with E-state index in [4.69, 9.17) is 9.47 Å². The molecule has 0 aromatic heterocycles. The molecule has 5 nitrogen and oxygen atoms in total. The van der Waals surface area contributed by atoms with Crippen molar-refractivity contribution in [3.8, 4) is 0 Å². The van der Waals surface area contributed by atoms with Gasteiger partial charge in [-0.15, -0.1) is 0 Å². The Hall–Kier alpha value is -1.21. The summed E-state index contributed by atoms with van der Waals surface area (Å²) in [6, 6.07) is 7.23. The number of ether oxygens (including phenoxy) is 2. The summed E-state index contributed by atoms with van der Waals surface area (Å²) in [5.74, 6) is 0.625. The van der Waals surface area contributed by atoms with Crippen molar-refractivity contribution in [3.05, 3.63) is 41.5 Å². The summed E-state index contributed by atoms with van der Waals surface area (Å²) in [4.78, 5) is 0.401. The van der Waals surface area contributed by atoms with Gasteiger partial charge in [0, 0.05) is 24.9 Å². The molecule has 2 aliphatic carbocycles. The quantitative estimate of drug-likeness (QED) is 0.621. The second kappa shape index (κ2) is 7.98. The van der Waals surface area contributed by atoms with E-state index in [1.165, 1.54) is 12.0 Å².